The van der Waals surface area contributed by atoms with Crippen molar-refractivity contribution in [1.82, 2.24) is 19.7 Å². The van der Waals surface area contributed by atoms with Gasteiger partial charge in [0.25, 0.3) is 0 Å². The molecule has 1 fully saturated rings. The van der Waals surface area contributed by atoms with Gasteiger partial charge in [-0.15, -0.1) is 0 Å². The number of fused-ring (bicyclic) bond motifs is 1. The van der Waals surface area contributed by atoms with Crippen LogP contribution in [0.2, 0.25) is 0 Å². The van der Waals surface area contributed by atoms with Crippen molar-refractivity contribution in [3.05, 3.63) is 71.7 Å². The van der Waals surface area contributed by atoms with Crippen LogP contribution >= 0.6 is 0 Å². The van der Waals surface area contributed by atoms with Crippen molar-refractivity contribution in [3.63, 3.8) is 0 Å². The summed E-state index contributed by atoms with van der Waals surface area (Å²) in [5.74, 6) is -0.136. The van der Waals surface area contributed by atoms with Gasteiger partial charge in [0.15, 0.2) is 0 Å². The molecule has 2 aromatic heterocycles. The minimum absolute atomic E-state index is 0.00635. The van der Waals surface area contributed by atoms with Gasteiger partial charge in [0.2, 0.25) is 5.95 Å². The number of imidazole rings is 1. The molecular formula is C26H25FN4O3. The molecule has 4 aromatic rings. The van der Waals surface area contributed by atoms with Crippen LogP contribution in [0.4, 0.5) is 4.39 Å². The summed E-state index contributed by atoms with van der Waals surface area (Å²) >= 11 is 0. The van der Waals surface area contributed by atoms with E-state index in [4.69, 9.17) is 14.8 Å². The number of para-hydroxylation sites is 2. The largest absolute Gasteiger partial charge is 0.458 e. The van der Waals surface area contributed by atoms with Gasteiger partial charge in [0.1, 0.15) is 11.9 Å². The molecule has 8 heteroatoms. The van der Waals surface area contributed by atoms with Crippen LogP contribution in [0.25, 0.3) is 34.3 Å². The fourth-order valence-corrected chi connectivity index (χ4v) is 4.25. The third kappa shape index (κ3) is 4.24. The van der Waals surface area contributed by atoms with Gasteiger partial charge < -0.3 is 14.8 Å². The molecule has 1 saturated heterocycles. The quantitative estimate of drug-likeness (QED) is 0.419. The Bertz CT molecular complexity index is 1340. The average molecular weight is 461 g/mol. The van der Waals surface area contributed by atoms with Crippen molar-refractivity contribution in [2.24, 2.45) is 0 Å². The Morgan fingerprint density at radius 3 is 2.68 bits per heavy atom. The first-order chi connectivity index (χ1) is 16.4. The molecule has 2 N–H and O–H groups in total. The zero-order chi connectivity index (χ0) is 23.8. The van der Waals surface area contributed by atoms with Gasteiger partial charge in [-0.05, 0) is 48.4 Å². The summed E-state index contributed by atoms with van der Waals surface area (Å²) < 4.78 is 20.9. The highest BCUT2D eigenvalue weighted by Crippen LogP contribution is 2.34. The molecule has 0 radical (unpaired) electrons. The second-order valence-electron chi connectivity index (χ2n) is 8.78. The van der Waals surface area contributed by atoms with Gasteiger partial charge >= 0.3 is 5.97 Å². The summed E-state index contributed by atoms with van der Waals surface area (Å²) in [5.41, 5.74) is 4.83. The fraction of sp³-hybridized carbons (Fsp3) is 0.269. The molecule has 34 heavy (non-hydrogen) atoms. The van der Waals surface area contributed by atoms with Crippen molar-refractivity contribution in [3.8, 4) is 17.2 Å². The first kappa shape index (κ1) is 22.0. The molecule has 1 aliphatic rings. The predicted octanol–water partition coefficient (Wildman–Crippen LogP) is 4.76. The maximum Gasteiger partial charge on any atom is 0.309 e. The van der Waals surface area contributed by atoms with E-state index < -0.39 is 18.2 Å². The molecule has 0 spiro atoms. The summed E-state index contributed by atoms with van der Waals surface area (Å²) in [5, 5.41) is 14.9. The summed E-state index contributed by atoms with van der Waals surface area (Å²) in [6, 6.07) is 13.9. The molecule has 0 amide bonds. The van der Waals surface area contributed by atoms with E-state index in [0.717, 1.165) is 33.5 Å². The van der Waals surface area contributed by atoms with Crippen LogP contribution in [-0.4, -0.2) is 43.0 Å². The van der Waals surface area contributed by atoms with Crippen LogP contribution in [-0.2, 0) is 9.53 Å². The van der Waals surface area contributed by atoms with Crippen LogP contribution < -0.4 is 0 Å². The number of nitrogens with zero attached hydrogens (tertiary/aromatic N) is 3. The lowest BCUT2D eigenvalue weighted by Crippen LogP contribution is -2.31. The number of ether oxygens (including phenoxy) is 1. The molecule has 0 unspecified atom stereocenters. The molecule has 3 heterocycles. The Kier molecular flexibility index (Phi) is 5.75. The number of H-pyrrole nitrogens is 1. The van der Waals surface area contributed by atoms with Crippen LogP contribution in [0.5, 0.6) is 0 Å². The topological polar surface area (TPSA) is 93.0 Å². The number of hydrogen-bond acceptors (Lipinski definition) is 5. The van der Waals surface area contributed by atoms with E-state index in [-0.39, 0.29) is 18.2 Å². The number of halogens is 1. The number of carbonyl (C=O) groups is 1. The van der Waals surface area contributed by atoms with Crippen LogP contribution in [0.3, 0.4) is 0 Å². The number of hydrogen-bond donors (Lipinski definition) is 2. The Morgan fingerprint density at radius 2 is 1.97 bits per heavy atom. The first-order valence-electron chi connectivity index (χ1n) is 11.3. The van der Waals surface area contributed by atoms with E-state index in [9.17, 15) is 14.3 Å². The fourth-order valence-electron chi connectivity index (χ4n) is 4.25. The van der Waals surface area contributed by atoms with Crippen molar-refractivity contribution < 1.29 is 19.0 Å². The number of cyclic esters (lactones) is 1. The summed E-state index contributed by atoms with van der Waals surface area (Å²) in [6.45, 7) is 4.09. The summed E-state index contributed by atoms with van der Waals surface area (Å²) in [4.78, 5) is 19.8. The Morgan fingerprint density at radius 1 is 1.21 bits per heavy atom. The number of aliphatic hydroxyl groups is 1. The molecule has 2 aromatic carbocycles. The van der Waals surface area contributed by atoms with E-state index in [0.29, 0.717) is 12.4 Å². The van der Waals surface area contributed by atoms with Gasteiger partial charge in [-0.2, -0.15) is 9.78 Å². The molecular weight excluding hydrogens is 435 g/mol. The molecule has 1 aliphatic heterocycles. The number of benzene rings is 2. The summed E-state index contributed by atoms with van der Waals surface area (Å²) in [7, 11) is 0. The zero-order valence-electron chi connectivity index (χ0n) is 18.9. The molecule has 7 nitrogen and oxygen atoms in total. The minimum atomic E-state index is -0.727. The highest BCUT2D eigenvalue weighted by Gasteiger charge is 2.27. The third-order valence-electron chi connectivity index (χ3n) is 5.86. The van der Waals surface area contributed by atoms with E-state index in [1.54, 1.807) is 22.9 Å². The molecule has 0 bridgehead atoms. The molecule has 2 atom stereocenters. The van der Waals surface area contributed by atoms with E-state index in [1.165, 1.54) is 12.1 Å². The molecule has 0 saturated carbocycles. The van der Waals surface area contributed by atoms with Gasteiger partial charge in [-0.1, -0.05) is 32.1 Å². The van der Waals surface area contributed by atoms with Gasteiger partial charge in [-0.3, -0.25) is 4.79 Å². The predicted molar refractivity (Wildman–Crippen MR) is 127 cm³/mol. The standard InChI is InChI=1S/C26H25FN4O3/c1-15(2)24-20(12-11-19-13-18(32)14-23(33)34-19)25(16-7-9-17(27)10-8-16)31(30-24)26-28-21-5-3-4-6-22(21)29-26/h3-12,15,18-19,32H,13-14H2,1-2H3,(H,28,29)/t18-,19-/m0/s1. The Balaban J connectivity index is 1.68. The second-order valence-corrected chi connectivity index (χ2v) is 8.78. The number of carbonyl (C=O) groups excluding carboxylic acids is 1. The monoisotopic (exact) mass is 460 g/mol. The van der Waals surface area contributed by atoms with E-state index >= 15 is 0 Å². The van der Waals surface area contributed by atoms with Gasteiger partial charge in [-0.25, -0.2) is 9.37 Å². The Labute approximate surface area is 195 Å². The van der Waals surface area contributed by atoms with Crippen molar-refractivity contribution in [2.45, 2.75) is 44.8 Å². The van der Waals surface area contributed by atoms with Crippen LogP contribution in [0, 0.1) is 5.82 Å². The number of aromatic nitrogens is 4. The van der Waals surface area contributed by atoms with Gasteiger partial charge in [0.05, 0.1) is 34.9 Å². The normalized spacial score (nSPS) is 18.8. The summed E-state index contributed by atoms with van der Waals surface area (Å²) in [6.07, 6.45) is 2.73. The highest BCUT2D eigenvalue weighted by atomic mass is 19.1. The number of aliphatic hydroxyl groups excluding tert-OH is 1. The zero-order valence-corrected chi connectivity index (χ0v) is 18.9. The minimum Gasteiger partial charge on any atom is -0.458 e. The SMILES string of the molecule is CC(C)c1nn(-c2nc3ccccc3[nH]2)c(-c2ccc(F)cc2)c1C=C[C@H]1C[C@H](O)CC(=O)O1. The highest BCUT2D eigenvalue weighted by molar-refractivity contribution is 5.79. The Hall–Kier alpha value is -3.78. The first-order valence-corrected chi connectivity index (χ1v) is 11.3. The smallest absolute Gasteiger partial charge is 0.309 e. The lowest BCUT2D eigenvalue weighted by Gasteiger charge is -2.23. The van der Waals surface area contributed by atoms with E-state index in [2.05, 4.69) is 4.98 Å². The number of rotatable bonds is 5. The average Bonchev–Trinajstić information content (AvgIpc) is 3.39. The number of aromatic amines is 1. The van der Waals surface area contributed by atoms with Crippen molar-refractivity contribution in [1.29, 1.82) is 0 Å². The molecule has 0 aliphatic carbocycles. The lowest BCUT2D eigenvalue weighted by atomic mass is 9.98. The maximum atomic E-state index is 13.7. The van der Waals surface area contributed by atoms with Gasteiger partial charge in [0, 0.05) is 17.5 Å². The number of nitrogens with one attached hydrogen (secondary N) is 1. The number of esters is 1. The van der Waals surface area contributed by atoms with Crippen molar-refractivity contribution >= 4 is 23.1 Å². The molecule has 174 valence electrons. The third-order valence-corrected chi connectivity index (χ3v) is 5.86. The van der Waals surface area contributed by atoms with Crippen LogP contribution in [0.15, 0.2) is 54.6 Å². The second kappa shape index (κ2) is 8.87. The van der Waals surface area contributed by atoms with Crippen LogP contribution in [0.1, 0.15) is 43.9 Å². The van der Waals surface area contributed by atoms with Crippen molar-refractivity contribution in [2.75, 3.05) is 0 Å². The molecule has 5 rings (SSSR count). The maximum absolute atomic E-state index is 13.7. The lowest BCUT2D eigenvalue weighted by molar-refractivity contribution is -0.156. The van der Waals surface area contributed by atoms with E-state index in [1.807, 2.05) is 44.2 Å².